The summed E-state index contributed by atoms with van der Waals surface area (Å²) in [4.78, 5) is 15.9. The van der Waals surface area contributed by atoms with E-state index in [-0.39, 0.29) is 19.3 Å². The predicted octanol–water partition coefficient (Wildman–Crippen LogP) is -2.08. The minimum Gasteiger partial charge on any atom is -0.530 e. The van der Waals surface area contributed by atoms with E-state index in [0.29, 0.717) is 13.2 Å². The van der Waals surface area contributed by atoms with Crippen molar-refractivity contribution in [2.75, 3.05) is 26.3 Å². The Labute approximate surface area is 69.8 Å². The van der Waals surface area contributed by atoms with Crippen LogP contribution in [0.15, 0.2) is 0 Å². The van der Waals surface area contributed by atoms with Crippen LogP contribution in [0.2, 0.25) is 0 Å². The summed E-state index contributed by atoms with van der Waals surface area (Å²) in [6.07, 6.45) is -1.46. The zero-order valence-electron chi connectivity index (χ0n) is 6.56. The quantitative estimate of drug-likeness (QED) is 0.487. The van der Waals surface area contributed by atoms with E-state index in [2.05, 4.69) is 4.84 Å². The normalized spacial score (nSPS) is 24.1. The molecule has 0 spiro atoms. The van der Waals surface area contributed by atoms with Gasteiger partial charge in [-0.25, -0.2) is 5.90 Å². The van der Waals surface area contributed by atoms with Crippen LogP contribution in [-0.2, 0) is 9.57 Å². The molecule has 0 radical (unpaired) electrons. The van der Waals surface area contributed by atoms with E-state index in [4.69, 9.17) is 10.6 Å². The SMILES string of the molecule is NOC[C@@H]1CN(C(=O)[O-])CCO1. The lowest BCUT2D eigenvalue weighted by Crippen LogP contribution is -2.51. The highest BCUT2D eigenvalue weighted by molar-refractivity contribution is 5.62. The number of hydrogen-bond donors (Lipinski definition) is 1. The molecule has 0 aromatic heterocycles. The number of rotatable bonds is 2. The van der Waals surface area contributed by atoms with Gasteiger partial charge >= 0.3 is 0 Å². The molecule has 0 aromatic carbocycles. The van der Waals surface area contributed by atoms with Crippen LogP contribution < -0.4 is 11.0 Å². The summed E-state index contributed by atoms with van der Waals surface area (Å²) < 4.78 is 5.16. The van der Waals surface area contributed by atoms with Crippen molar-refractivity contribution >= 4 is 6.09 Å². The van der Waals surface area contributed by atoms with Crippen LogP contribution in [0.4, 0.5) is 4.79 Å². The van der Waals surface area contributed by atoms with Crippen molar-refractivity contribution in [3.8, 4) is 0 Å². The molecule has 70 valence electrons. The van der Waals surface area contributed by atoms with Gasteiger partial charge in [0, 0.05) is 13.1 Å². The fourth-order valence-corrected chi connectivity index (χ4v) is 1.09. The zero-order valence-corrected chi connectivity index (χ0v) is 6.56. The van der Waals surface area contributed by atoms with Gasteiger partial charge in [-0.15, -0.1) is 0 Å². The average Bonchev–Trinajstić information content (AvgIpc) is 2.05. The summed E-state index contributed by atoms with van der Waals surface area (Å²) in [6.45, 7) is 1.18. The smallest absolute Gasteiger partial charge is 0.137 e. The minimum absolute atomic E-state index is 0.198. The van der Waals surface area contributed by atoms with E-state index in [1.54, 1.807) is 0 Å². The maximum absolute atomic E-state index is 10.4. The largest absolute Gasteiger partial charge is 0.530 e. The zero-order chi connectivity index (χ0) is 8.97. The molecule has 0 aromatic rings. The molecule has 1 saturated heterocycles. The van der Waals surface area contributed by atoms with Crippen LogP contribution in [0.25, 0.3) is 0 Å². The van der Waals surface area contributed by atoms with Gasteiger partial charge in [-0.3, -0.25) is 0 Å². The van der Waals surface area contributed by atoms with Gasteiger partial charge < -0.3 is 24.4 Å². The fraction of sp³-hybridized carbons (Fsp3) is 0.833. The van der Waals surface area contributed by atoms with E-state index < -0.39 is 6.09 Å². The number of carbonyl (C=O) groups excluding carboxylic acids is 1. The number of nitrogens with two attached hydrogens (primary N) is 1. The van der Waals surface area contributed by atoms with Gasteiger partial charge in [0.2, 0.25) is 0 Å². The van der Waals surface area contributed by atoms with Crippen LogP contribution in [0.1, 0.15) is 0 Å². The monoisotopic (exact) mass is 175 g/mol. The second-order valence-electron chi connectivity index (χ2n) is 2.54. The number of hydrogen-bond acceptors (Lipinski definition) is 5. The Morgan fingerprint density at radius 3 is 3.17 bits per heavy atom. The van der Waals surface area contributed by atoms with Crippen LogP contribution in [0.5, 0.6) is 0 Å². The maximum Gasteiger partial charge on any atom is 0.137 e. The minimum atomic E-state index is -1.18. The van der Waals surface area contributed by atoms with Crippen molar-refractivity contribution in [3.05, 3.63) is 0 Å². The highest BCUT2D eigenvalue weighted by Gasteiger charge is 2.19. The van der Waals surface area contributed by atoms with E-state index in [1.807, 2.05) is 0 Å². The highest BCUT2D eigenvalue weighted by Crippen LogP contribution is 2.03. The molecule has 1 rings (SSSR count). The number of nitrogens with zero attached hydrogens (tertiary/aromatic N) is 1. The molecule has 1 fully saturated rings. The Bertz CT molecular complexity index is 162. The van der Waals surface area contributed by atoms with Gasteiger partial charge in [-0.2, -0.15) is 0 Å². The van der Waals surface area contributed by atoms with Crippen molar-refractivity contribution in [2.24, 2.45) is 5.90 Å². The van der Waals surface area contributed by atoms with E-state index >= 15 is 0 Å². The summed E-state index contributed by atoms with van der Waals surface area (Å²) in [5, 5.41) is 10.4. The third-order valence-corrected chi connectivity index (χ3v) is 1.68. The third kappa shape index (κ3) is 2.33. The molecule has 0 bridgehead atoms. The highest BCUT2D eigenvalue weighted by atomic mass is 16.6. The average molecular weight is 175 g/mol. The molecule has 6 nitrogen and oxygen atoms in total. The Balaban J connectivity index is 2.35. The second-order valence-corrected chi connectivity index (χ2v) is 2.54. The summed E-state index contributed by atoms with van der Waals surface area (Å²) >= 11 is 0. The Hall–Kier alpha value is -0.850. The lowest BCUT2D eigenvalue weighted by molar-refractivity contribution is -0.270. The summed E-state index contributed by atoms with van der Waals surface area (Å²) in [5.41, 5.74) is 0. The van der Waals surface area contributed by atoms with E-state index in [0.717, 1.165) is 0 Å². The predicted molar refractivity (Wildman–Crippen MR) is 36.8 cm³/mol. The Kier molecular flexibility index (Phi) is 3.27. The van der Waals surface area contributed by atoms with Crippen LogP contribution in [0.3, 0.4) is 0 Å². The molecule has 1 aliphatic rings. The summed E-state index contributed by atoms with van der Waals surface area (Å²) in [5.74, 6) is 4.82. The molecule has 1 aliphatic heterocycles. The second kappa shape index (κ2) is 4.24. The van der Waals surface area contributed by atoms with E-state index in [1.165, 1.54) is 4.90 Å². The number of carboxylic acid groups (broad SMARTS) is 1. The van der Waals surface area contributed by atoms with Gasteiger partial charge in [-0.1, -0.05) is 0 Å². The van der Waals surface area contributed by atoms with Gasteiger partial charge in [-0.05, 0) is 0 Å². The molecular formula is C6H11N2O4-. The lowest BCUT2D eigenvalue weighted by atomic mass is 10.3. The van der Waals surface area contributed by atoms with Crippen molar-refractivity contribution in [1.29, 1.82) is 0 Å². The van der Waals surface area contributed by atoms with Gasteiger partial charge in [0.25, 0.3) is 0 Å². The molecule has 1 heterocycles. The van der Waals surface area contributed by atoms with Crippen molar-refractivity contribution in [3.63, 3.8) is 0 Å². The molecule has 0 aliphatic carbocycles. The van der Waals surface area contributed by atoms with Crippen LogP contribution >= 0.6 is 0 Å². The fourth-order valence-electron chi connectivity index (χ4n) is 1.09. The third-order valence-electron chi connectivity index (χ3n) is 1.68. The first-order valence-electron chi connectivity index (χ1n) is 3.63. The molecule has 0 saturated carbocycles. The van der Waals surface area contributed by atoms with Crippen molar-refractivity contribution in [2.45, 2.75) is 6.10 Å². The van der Waals surface area contributed by atoms with Crippen LogP contribution in [0, 0.1) is 0 Å². The summed E-state index contributed by atoms with van der Waals surface area (Å²) in [6, 6.07) is 0. The molecule has 1 amide bonds. The van der Waals surface area contributed by atoms with Gasteiger partial charge in [0.15, 0.2) is 0 Å². The van der Waals surface area contributed by atoms with Gasteiger partial charge in [0.05, 0.1) is 13.2 Å². The van der Waals surface area contributed by atoms with E-state index in [9.17, 15) is 9.90 Å². The first-order valence-corrected chi connectivity index (χ1v) is 3.63. The first-order chi connectivity index (χ1) is 5.74. The number of ether oxygens (including phenoxy) is 1. The van der Waals surface area contributed by atoms with Crippen molar-refractivity contribution in [1.82, 2.24) is 4.90 Å². The molecular weight excluding hydrogens is 164 g/mol. The standard InChI is InChI=1S/C6H12N2O4/c7-12-4-5-3-8(6(9)10)1-2-11-5/h5H,1-4,7H2,(H,9,10)/p-1/t5-/m0/s1. The molecule has 6 heteroatoms. The van der Waals surface area contributed by atoms with Crippen molar-refractivity contribution < 1.29 is 19.5 Å². The first kappa shape index (κ1) is 9.24. The maximum atomic E-state index is 10.4. The number of morpholine rings is 1. The molecule has 1 atom stereocenters. The molecule has 0 unspecified atom stereocenters. The number of carbonyl (C=O) groups is 1. The number of amides is 1. The topological polar surface area (TPSA) is 87.9 Å². The molecule has 12 heavy (non-hydrogen) atoms. The lowest BCUT2D eigenvalue weighted by Gasteiger charge is -2.33. The van der Waals surface area contributed by atoms with Crippen LogP contribution in [-0.4, -0.2) is 43.4 Å². The van der Waals surface area contributed by atoms with Gasteiger partial charge in [0.1, 0.15) is 12.2 Å². The summed E-state index contributed by atoms with van der Waals surface area (Å²) in [7, 11) is 0. The Morgan fingerprint density at radius 1 is 1.83 bits per heavy atom. The Morgan fingerprint density at radius 2 is 2.58 bits per heavy atom. The molecule has 2 N–H and O–H groups in total.